The maximum Gasteiger partial charge on any atom is 0.335 e. The van der Waals surface area contributed by atoms with Crippen LogP contribution in [0.3, 0.4) is 0 Å². The van der Waals surface area contributed by atoms with E-state index in [0.29, 0.717) is 6.08 Å². The maximum atomic E-state index is 11.7. The van der Waals surface area contributed by atoms with Crippen LogP contribution in [0.4, 0.5) is 0 Å². The zero-order valence-electron chi connectivity index (χ0n) is 12.4. The fourth-order valence-corrected chi connectivity index (χ4v) is 1.35. The van der Waals surface area contributed by atoms with E-state index in [9.17, 15) is 22.8 Å². The zero-order chi connectivity index (χ0) is 18.4. The number of carbonyl (C=O) groups is 3. The normalized spacial score (nSPS) is 12.9. The molecule has 128 valence electrons. The Morgan fingerprint density at radius 1 is 1.17 bits per heavy atom. The molecule has 0 radical (unpaired) electrons. The van der Waals surface area contributed by atoms with E-state index in [1.807, 2.05) is 0 Å². The minimum Gasteiger partial charge on any atom is -0.478 e. The van der Waals surface area contributed by atoms with Crippen LogP contribution in [-0.4, -0.2) is 52.3 Å². The lowest BCUT2D eigenvalue weighted by Gasteiger charge is -2.21. The standard InChI is InChI=1S/C13H17NO8S/c1-8(6-9(12(18)19)4-5-10(15)16)11(17)14-7-13(2,3)23(20,21)22/h4-6H,1,7H2,2-3H3,(H,14,17)(H,15,16)(H,18,19)(H,20,21,22). The number of carboxylic acid groups (broad SMARTS) is 2. The van der Waals surface area contributed by atoms with Crippen molar-refractivity contribution in [1.29, 1.82) is 0 Å². The molecule has 0 aromatic carbocycles. The molecule has 0 atom stereocenters. The Hall–Kier alpha value is -2.46. The van der Waals surface area contributed by atoms with E-state index >= 15 is 0 Å². The van der Waals surface area contributed by atoms with Crippen molar-refractivity contribution in [1.82, 2.24) is 5.32 Å². The van der Waals surface area contributed by atoms with Crippen LogP contribution in [-0.2, 0) is 24.5 Å². The molecule has 4 N–H and O–H groups in total. The number of rotatable bonds is 8. The molecule has 9 nitrogen and oxygen atoms in total. The third-order valence-electron chi connectivity index (χ3n) is 2.65. The van der Waals surface area contributed by atoms with Crippen LogP contribution in [0.5, 0.6) is 0 Å². The first-order valence-electron chi connectivity index (χ1n) is 6.08. The molecule has 0 saturated carbocycles. The number of hydrogen-bond acceptors (Lipinski definition) is 5. The van der Waals surface area contributed by atoms with Gasteiger partial charge in [0.15, 0.2) is 0 Å². The van der Waals surface area contributed by atoms with Crippen molar-refractivity contribution in [3.8, 4) is 0 Å². The molecule has 0 aliphatic heterocycles. The van der Waals surface area contributed by atoms with Gasteiger partial charge in [0.05, 0.1) is 5.57 Å². The second kappa shape index (κ2) is 7.70. The van der Waals surface area contributed by atoms with Crippen molar-refractivity contribution in [3.63, 3.8) is 0 Å². The molecule has 1 amide bonds. The van der Waals surface area contributed by atoms with Crippen LogP contribution in [0, 0.1) is 0 Å². The molecule has 0 spiro atoms. The van der Waals surface area contributed by atoms with Gasteiger partial charge in [-0.2, -0.15) is 8.42 Å². The van der Waals surface area contributed by atoms with E-state index in [1.165, 1.54) is 13.8 Å². The summed E-state index contributed by atoms with van der Waals surface area (Å²) in [5.74, 6) is -3.72. The van der Waals surface area contributed by atoms with E-state index in [0.717, 1.165) is 12.2 Å². The SMILES string of the molecule is C=C(C=C(C=CC(=O)O)C(=O)O)C(=O)NCC(C)(C)S(=O)(=O)O. The molecular formula is C13H17NO8S. The van der Waals surface area contributed by atoms with E-state index in [2.05, 4.69) is 11.9 Å². The predicted octanol–water partition coefficient (Wildman–Crippen LogP) is -0.0230. The summed E-state index contributed by atoms with van der Waals surface area (Å²) in [5, 5.41) is 19.5. The molecule has 23 heavy (non-hydrogen) atoms. The third kappa shape index (κ3) is 6.89. The number of aliphatic carboxylic acids is 2. The van der Waals surface area contributed by atoms with Gasteiger partial charge >= 0.3 is 11.9 Å². The Kier molecular flexibility index (Phi) is 6.87. The molecular weight excluding hydrogens is 330 g/mol. The number of amides is 1. The summed E-state index contributed by atoms with van der Waals surface area (Å²) < 4.78 is 29.5. The second-order valence-corrected chi connectivity index (χ2v) is 7.07. The Bertz CT molecular complexity index is 685. The van der Waals surface area contributed by atoms with E-state index in [1.54, 1.807) is 0 Å². The second-order valence-electron chi connectivity index (χ2n) is 5.02. The maximum absolute atomic E-state index is 11.7. The van der Waals surface area contributed by atoms with Gasteiger partial charge in [-0.3, -0.25) is 9.35 Å². The van der Waals surface area contributed by atoms with Gasteiger partial charge < -0.3 is 15.5 Å². The summed E-state index contributed by atoms with van der Waals surface area (Å²) in [6.07, 6.45) is 2.18. The molecule has 0 bridgehead atoms. The van der Waals surface area contributed by atoms with Crippen molar-refractivity contribution >= 4 is 28.0 Å². The minimum absolute atomic E-state index is 0.330. The summed E-state index contributed by atoms with van der Waals surface area (Å²) in [5.41, 5.74) is -0.829. The largest absolute Gasteiger partial charge is 0.478 e. The van der Waals surface area contributed by atoms with Crippen LogP contribution in [0.25, 0.3) is 0 Å². The lowest BCUT2D eigenvalue weighted by molar-refractivity contribution is -0.132. The van der Waals surface area contributed by atoms with Gasteiger partial charge in [0.2, 0.25) is 0 Å². The van der Waals surface area contributed by atoms with Gasteiger partial charge in [-0.1, -0.05) is 6.58 Å². The van der Waals surface area contributed by atoms with Gasteiger partial charge in [0.25, 0.3) is 16.0 Å². The topological polar surface area (TPSA) is 158 Å². The monoisotopic (exact) mass is 347 g/mol. The Morgan fingerprint density at radius 3 is 2.09 bits per heavy atom. The van der Waals surface area contributed by atoms with Gasteiger partial charge in [0, 0.05) is 18.2 Å². The molecule has 0 aromatic heterocycles. The summed E-state index contributed by atoms with van der Waals surface area (Å²) in [4.78, 5) is 33.0. The number of carbonyl (C=O) groups excluding carboxylic acids is 1. The molecule has 0 aliphatic rings. The molecule has 10 heteroatoms. The first kappa shape index (κ1) is 20.5. The fraction of sp³-hybridized carbons (Fsp3) is 0.308. The highest BCUT2D eigenvalue weighted by atomic mass is 32.2. The first-order chi connectivity index (χ1) is 10.3. The average molecular weight is 347 g/mol. The molecule has 0 aromatic rings. The summed E-state index contributed by atoms with van der Waals surface area (Å²) in [7, 11) is -4.41. The van der Waals surface area contributed by atoms with Gasteiger partial charge in [-0.05, 0) is 26.0 Å². The molecule has 0 unspecified atom stereocenters. The highest BCUT2D eigenvalue weighted by Crippen LogP contribution is 2.13. The quantitative estimate of drug-likeness (QED) is 0.271. The third-order valence-corrected chi connectivity index (χ3v) is 4.19. The number of carboxylic acids is 2. The lowest BCUT2D eigenvalue weighted by Crippen LogP contribution is -2.44. The summed E-state index contributed by atoms with van der Waals surface area (Å²) in [6.45, 7) is 5.24. The number of hydrogen-bond donors (Lipinski definition) is 4. The molecule has 0 rings (SSSR count). The van der Waals surface area contributed by atoms with Crippen molar-refractivity contribution in [2.45, 2.75) is 18.6 Å². The van der Waals surface area contributed by atoms with E-state index in [-0.39, 0.29) is 5.57 Å². The molecule has 0 fully saturated rings. The zero-order valence-corrected chi connectivity index (χ0v) is 13.3. The fourth-order valence-electron chi connectivity index (χ4n) is 1.09. The van der Waals surface area contributed by atoms with Crippen molar-refractivity contribution < 1.29 is 37.6 Å². The van der Waals surface area contributed by atoms with Crippen LogP contribution in [0.1, 0.15) is 13.8 Å². The predicted molar refractivity (Wildman–Crippen MR) is 80.3 cm³/mol. The van der Waals surface area contributed by atoms with E-state index < -0.39 is 44.8 Å². The Morgan fingerprint density at radius 2 is 1.70 bits per heavy atom. The van der Waals surface area contributed by atoms with Gasteiger partial charge in [-0.15, -0.1) is 0 Å². The molecule has 0 heterocycles. The van der Waals surface area contributed by atoms with Crippen molar-refractivity contribution in [2.75, 3.05) is 6.54 Å². The molecule has 0 saturated heterocycles. The molecule has 0 aliphatic carbocycles. The van der Waals surface area contributed by atoms with Crippen LogP contribution >= 0.6 is 0 Å². The van der Waals surface area contributed by atoms with Crippen LogP contribution < -0.4 is 5.32 Å². The first-order valence-corrected chi connectivity index (χ1v) is 7.52. The van der Waals surface area contributed by atoms with Crippen molar-refractivity contribution in [2.24, 2.45) is 0 Å². The van der Waals surface area contributed by atoms with Gasteiger partial charge in [-0.25, -0.2) is 9.59 Å². The minimum atomic E-state index is -4.41. The van der Waals surface area contributed by atoms with Crippen molar-refractivity contribution in [3.05, 3.63) is 36.0 Å². The van der Waals surface area contributed by atoms with Gasteiger partial charge in [0.1, 0.15) is 4.75 Å². The number of nitrogens with one attached hydrogen (secondary N) is 1. The van der Waals surface area contributed by atoms with E-state index in [4.69, 9.17) is 14.8 Å². The lowest BCUT2D eigenvalue weighted by atomic mass is 10.1. The van der Waals surface area contributed by atoms with Crippen LogP contribution in [0.2, 0.25) is 0 Å². The summed E-state index contributed by atoms with van der Waals surface area (Å²) >= 11 is 0. The average Bonchev–Trinajstić information content (AvgIpc) is 2.38. The highest BCUT2D eigenvalue weighted by Gasteiger charge is 2.33. The smallest absolute Gasteiger partial charge is 0.335 e. The highest BCUT2D eigenvalue weighted by molar-refractivity contribution is 7.87. The summed E-state index contributed by atoms with van der Waals surface area (Å²) in [6, 6.07) is 0. The Balaban J connectivity index is 5.09. The van der Waals surface area contributed by atoms with Crippen LogP contribution in [0.15, 0.2) is 36.0 Å². The Labute approximate surface area is 132 Å².